The zero-order valence-corrected chi connectivity index (χ0v) is 11.3. The van der Waals surface area contributed by atoms with Crippen LogP contribution in [0.4, 0.5) is 4.39 Å². The monoisotopic (exact) mass is 289 g/mol. The van der Waals surface area contributed by atoms with E-state index in [-0.39, 0.29) is 12.4 Å². The fourth-order valence-electron chi connectivity index (χ4n) is 2.01. The summed E-state index contributed by atoms with van der Waals surface area (Å²) in [5, 5.41) is 19.4. The Hall–Kier alpha value is -2.05. The van der Waals surface area contributed by atoms with E-state index >= 15 is 0 Å². The van der Waals surface area contributed by atoms with Crippen LogP contribution in [0.15, 0.2) is 41.8 Å². The van der Waals surface area contributed by atoms with E-state index in [4.69, 9.17) is 0 Å². The van der Waals surface area contributed by atoms with Crippen LogP contribution >= 0.6 is 11.3 Å². The van der Waals surface area contributed by atoms with Crippen LogP contribution in [0.5, 0.6) is 0 Å². The van der Waals surface area contributed by atoms with Crippen LogP contribution < -0.4 is 0 Å². The molecule has 6 heteroatoms. The van der Waals surface area contributed by atoms with Crippen LogP contribution in [0.3, 0.4) is 0 Å². The second-order valence-electron chi connectivity index (χ2n) is 4.30. The van der Waals surface area contributed by atoms with Gasteiger partial charge in [-0.2, -0.15) is 0 Å². The molecular formula is C14H12FN3OS. The highest BCUT2D eigenvalue weighted by atomic mass is 32.1. The summed E-state index contributed by atoms with van der Waals surface area (Å²) < 4.78 is 14.6. The van der Waals surface area contributed by atoms with Crippen molar-refractivity contribution in [1.82, 2.24) is 15.0 Å². The Bertz CT molecular complexity index is 692. The fraction of sp³-hybridized carbons (Fsp3) is 0.143. The SMILES string of the molecule is OCc1nnn(Cc2ccc(F)cc2)c1-c1cccs1. The lowest BCUT2D eigenvalue weighted by Crippen LogP contribution is -2.04. The third-order valence-corrected chi connectivity index (χ3v) is 3.83. The predicted octanol–water partition coefficient (Wildman–Crippen LogP) is 2.69. The number of nitrogens with zero attached hydrogens (tertiary/aromatic N) is 3. The van der Waals surface area contributed by atoms with Crippen molar-refractivity contribution < 1.29 is 9.50 Å². The number of hydrogen-bond donors (Lipinski definition) is 1. The van der Waals surface area contributed by atoms with Crippen LogP contribution in [0.2, 0.25) is 0 Å². The molecule has 2 aromatic heterocycles. The zero-order chi connectivity index (χ0) is 13.9. The molecule has 1 aromatic carbocycles. The van der Waals surface area contributed by atoms with E-state index in [2.05, 4.69) is 10.3 Å². The number of aromatic nitrogens is 3. The van der Waals surface area contributed by atoms with Crippen molar-refractivity contribution in [2.24, 2.45) is 0 Å². The number of benzene rings is 1. The highest BCUT2D eigenvalue weighted by Crippen LogP contribution is 2.27. The molecule has 0 unspecified atom stereocenters. The first-order valence-electron chi connectivity index (χ1n) is 6.09. The van der Waals surface area contributed by atoms with Gasteiger partial charge < -0.3 is 5.11 Å². The molecule has 0 amide bonds. The summed E-state index contributed by atoms with van der Waals surface area (Å²) >= 11 is 1.57. The van der Waals surface area contributed by atoms with Crippen molar-refractivity contribution in [2.75, 3.05) is 0 Å². The Labute approximate surface area is 119 Å². The molecule has 0 radical (unpaired) electrons. The minimum atomic E-state index is -0.262. The molecule has 102 valence electrons. The maximum Gasteiger partial charge on any atom is 0.123 e. The Morgan fingerprint density at radius 2 is 2.00 bits per heavy atom. The second kappa shape index (κ2) is 5.52. The van der Waals surface area contributed by atoms with E-state index in [1.807, 2.05) is 17.5 Å². The van der Waals surface area contributed by atoms with Crippen LogP contribution in [-0.4, -0.2) is 20.1 Å². The topological polar surface area (TPSA) is 50.9 Å². The maximum absolute atomic E-state index is 12.9. The van der Waals surface area contributed by atoms with Gasteiger partial charge in [-0.25, -0.2) is 9.07 Å². The van der Waals surface area contributed by atoms with Crippen molar-refractivity contribution in [3.8, 4) is 10.6 Å². The largest absolute Gasteiger partial charge is 0.390 e. The van der Waals surface area contributed by atoms with Crippen LogP contribution in [-0.2, 0) is 13.2 Å². The number of aliphatic hydroxyl groups excluding tert-OH is 1. The average Bonchev–Trinajstić information content (AvgIpc) is 3.10. The molecule has 0 spiro atoms. The lowest BCUT2D eigenvalue weighted by Gasteiger charge is -2.06. The molecule has 0 aliphatic rings. The molecule has 4 nitrogen and oxygen atoms in total. The van der Waals surface area contributed by atoms with E-state index in [0.717, 1.165) is 16.1 Å². The third-order valence-electron chi connectivity index (χ3n) is 2.95. The molecule has 0 saturated heterocycles. The molecule has 0 aliphatic carbocycles. The molecule has 0 aliphatic heterocycles. The fourth-order valence-corrected chi connectivity index (χ4v) is 2.81. The summed E-state index contributed by atoms with van der Waals surface area (Å²) in [6.07, 6.45) is 0. The molecule has 0 bridgehead atoms. The van der Waals surface area contributed by atoms with Crippen LogP contribution in [0, 0.1) is 5.82 Å². The Morgan fingerprint density at radius 3 is 2.65 bits per heavy atom. The van der Waals surface area contributed by atoms with Gasteiger partial charge >= 0.3 is 0 Å². The normalized spacial score (nSPS) is 10.9. The van der Waals surface area contributed by atoms with E-state index in [1.54, 1.807) is 28.2 Å². The minimum Gasteiger partial charge on any atom is -0.390 e. The number of rotatable bonds is 4. The first-order chi connectivity index (χ1) is 9.78. The summed E-state index contributed by atoms with van der Waals surface area (Å²) in [6.45, 7) is 0.331. The number of aliphatic hydroxyl groups is 1. The molecule has 3 rings (SSSR count). The van der Waals surface area contributed by atoms with Gasteiger partial charge in [0.15, 0.2) is 0 Å². The summed E-state index contributed by atoms with van der Waals surface area (Å²) in [4.78, 5) is 1.00. The quantitative estimate of drug-likeness (QED) is 0.803. The predicted molar refractivity (Wildman–Crippen MR) is 74.8 cm³/mol. The smallest absolute Gasteiger partial charge is 0.123 e. The van der Waals surface area contributed by atoms with Crippen molar-refractivity contribution in [3.05, 3.63) is 58.9 Å². The van der Waals surface area contributed by atoms with Gasteiger partial charge in [-0.05, 0) is 29.1 Å². The van der Waals surface area contributed by atoms with Crippen molar-refractivity contribution in [1.29, 1.82) is 0 Å². The van der Waals surface area contributed by atoms with E-state index < -0.39 is 0 Å². The van der Waals surface area contributed by atoms with E-state index in [0.29, 0.717) is 12.2 Å². The summed E-state index contributed by atoms with van der Waals surface area (Å²) in [6, 6.07) is 10.2. The summed E-state index contributed by atoms with van der Waals surface area (Å²) in [5.74, 6) is -0.262. The molecular weight excluding hydrogens is 277 g/mol. The van der Waals surface area contributed by atoms with Gasteiger partial charge in [0, 0.05) is 0 Å². The lowest BCUT2D eigenvalue weighted by atomic mass is 10.2. The molecule has 0 atom stereocenters. The molecule has 1 N–H and O–H groups in total. The van der Waals surface area contributed by atoms with Gasteiger partial charge in [0.05, 0.1) is 18.0 Å². The maximum atomic E-state index is 12.9. The standard InChI is InChI=1S/C14H12FN3OS/c15-11-5-3-10(4-6-11)8-18-14(12(9-19)16-17-18)13-2-1-7-20-13/h1-7,19H,8-9H2. The zero-order valence-electron chi connectivity index (χ0n) is 10.5. The van der Waals surface area contributed by atoms with Crippen LogP contribution in [0.1, 0.15) is 11.3 Å². The van der Waals surface area contributed by atoms with Crippen molar-refractivity contribution in [2.45, 2.75) is 13.2 Å². The first-order valence-corrected chi connectivity index (χ1v) is 6.97. The Kier molecular flexibility index (Phi) is 3.58. The number of thiophene rings is 1. The van der Waals surface area contributed by atoms with Gasteiger partial charge in [-0.15, -0.1) is 16.4 Å². The Morgan fingerprint density at radius 1 is 1.20 bits per heavy atom. The van der Waals surface area contributed by atoms with Gasteiger partial charge in [-0.3, -0.25) is 0 Å². The minimum absolute atomic E-state index is 0.156. The van der Waals surface area contributed by atoms with Crippen molar-refractivity contribution >= 4 is 11.3 Å². The molecule has 0 saturated carbocycles. The van der Waals surface area contributed by atoms with Crippen molar-refractivity contribution in [3.63, 3.8) is 0 Å². The highest BCUT2D eigenvalue weighted by Gasteiger charge is 2.15. The molecule has 2 heterocycles. The number of halogens is 1. The Balaban J connectivity index is 1.98. The molecule has 3 aromatic rings. The van der Waals surface area contributed by atoms with Gasteiger partial charge in [-0.1, -0.05) is 23.4 Å². The first kappa shape index (κ1) is 13.0. The van der Waals surface area contributed by atoms with Gasteiger partial charge in [0.2, 0.25) is 0 Å². The lowest BCUT2D eigenvalue weighted by molar-refractivity contribution is 0.277. The molecule has 20 heavy (non-hydrogen) atoms. The summed E-state index contributed by atoms with van der Waals surface area (Å²) in [7, 11) is 0. The van der Waals surface area contributed by atoms with Gasteiger partial charge in [0.25, 0.3) is 0 Å². The van der Waals surface area contributed by atoms with Gasteiger partial charge in [0.1, 0.15) is 17.2 Å². The van der Waals surface area contributed by atoms with Crippen LogP contribution in [0.25, 0.3) is 10.6 Å². The average molecular weight is 289 g/mol. The second-order valence-corrected chi connectivity index (χ2v) is 5.25. The number of hydrogen-bond acceptors (Lipinski definition) is 4. The van der Waals surface area contributed by atoms with E-state index in [9.17, 15) is 9.50 Å². The summed E-state index contributed by atoms with van der Waals surface area (Å²) in [5.41, 5.74) is 2.29. The highest BCUT2D eigenvalue weighted by molar-refractivity contribution is 7.13. The van der Waals surface area contributed by atoms with E-state index in [1.165, 1.54) is 12.1 Å². The molecule has 0 fully saturated rings. The third kappa shape index (κ3) is 2.48.